The molecule has 0 saturated heterocycles. The zero-order chi connectivity index (χ0) is 10.3. The average molecular weight is 220 g/mol. The van der Waals surface area contributed by atoms with Gasteiger partial charge >= 0.3 is 0 Å². The van der Waals surface area contributed by atoms with Crippen LogP contribution in [0, 0.1) is 0 Å². The number of fused-ring (bicyclic) bond motifs is 1. The van der Waals surface area contributed by atoms with Crippen LogP contribution in [0.5, 0.6) is 0 Å². The van der Waals surface area contributed by atoms with Gasteiger partial charge in [-0.15, -0.1) is 0 Å². The van der Waals surface area contributed by atoms with Gasteiger partial charge in [-0.1, -0.05) is 0 Å². The average Bonchev–Trinajstić information content (AvgIpc) is 2.61. The molecular weight excluding hydrogens is 208 g/mol. The summed E-state index contributed by atoms with van der Waals surface area (Å²) in [6.07, 6.45) is 6.99. The molecule has 0 aliphatic heterocycles. The van der Waals surface area contributed by atoms with Crippen LogP contribution in [0.25, 0.3) is 11.0 Å². The zero-order valence-corrected chi connectivity index (χ0v) is 9.09. The summed E-state index contributed by atoms with van der Waals surface area (Å²) in [6.45, 7) is 0. The van der Waals surface area contributed by atoms with E-state index in [2.05, 4.69) is 9.97 Å². The topological polar surface area (TPSA) is 51.7 Å². The SMILES string of the molecule is [O-][S+](c1cnc2[nH]ccc2c1)C1CCC1. The van der Waals surface area contributed by atoms with Crippen molar-refractivity contribution in [1.29, 1.82) is 0 Å². The molecule has 2 heterocycles. The molecule has 1 atom stereocenters. The van der Waals surface area contributed by atoms with Crippen LogP contribution in [0.2, 0.25) is 0 Å². The zero-order valence-electron chi connectivity index (χ0n) is 8.27. The number of pyridine rings is 1. The van der Waals surface area contributed by atoms with E-state index in [4.69, 9.17) is 0 Å². The first-order chi connectivity index (χ1) is 7.34. The normalized spacial score (nSPS) is 19.0. The van der Waals surface area contributed by atoms with Crippen LogP contribution in [0.3, 0.4) is 0 Å². The van der Waals surface area contributed by atoms with Crippen molar-refractivity contribution in [3.63, 3.8) is 0 Å². The summed E-state index contributed by atoms with van der Waals surface area (Å²) in [5.41, 5.74) is 0.865. The summed E-state index contributed by atoms with van der Waals surface area (Å²) in [4.78, 5) is 8.15. The maximum Gasteiger partial charge on any atom is 0.172 e. The first-order valence-corrected chi connectivity index (χ1v) is 6.39. The van der Waals surface area contributed by atoms with Gasteiger partial charge in [0.1, 0.15) is 10.9 Å². The van der Waals surface area contributed by atoms with Gasteiger partial charge in [0.05, 0.1) is 6.20 Å². The Balaban J connectivity index is 1.95. The standard InChI is InChI=1S/C11H12N2OS/c14-15(9-2-1-3-9)10-6-8-4-5-12-11(8)13-7-10/h4-7,9H,1-3H2,(H,12,13). The smallest absolute Gasteiger partial charge is 0.172 e. The second-order valence-electron chi connectivity index (χ2n) is 3.94. The first-order valence-electron chi connectivity index (χ1n) is 5.18. The minimum absolute atomic E-state index is 0.364. The predicted octanol–water partition coefficient (Wildman–Crippen LogP) is 2.22. The molecule has 1 aliphatic rings. The largest absolute Gasteiger partial charge is 0.611 e. The van der Waals surface area contributed by atoms with Crippen LogP contribution in [0.4, 0.5) is 0 Å². The molecule has 2 aromatic heterocycles. The van der Waals surface area contributed by atoms with Gasteiger partial charge in [-0.2, -0.15) is 0 Å². The second-order valence-corrected chi connectivity index (χ2v) is 5.67. The van der Waals surface area contributed by atoms with Gasteiger partial charge in [0, 0.05) is 17.6 Å². The van der Waals surface area contributed by atoms with Gasteiger partial charge in [0.25, 0.3) is 0 Å². The Morgan fingerprint density at radius 2 is 2.33 bits per heavy atom. The fourth-order valence-corrected chi connectivity index (χ4v) is 3.35. The van der Waals surface area contributed by atoms with E-state index in [1.165, 1.54) is 6.42 Å². The summed E-state index contributed by atoms with van der Waals surface area (Å²) in [5.74, 6) is 0. The molecule has 0 aromatic carbocycles. The molecule has 0 spiro atoms. The maximum atomic E-state index is 12.1. The Morgan fingerprint density at radius 3 is 3.07 bits per heavy atom. The lowest BCUT2D eigenvalue weighted by atomic mass is 10.00. The number of rotatable bonds is 2. The molecule has 78 valence electrons. The third-order valence-corrected chi connectivity index (χ3v) is 4.73. The fourth-order valence-electron chi connectivity index (χ4n) is 1.81. The van der Waals surface area contributed by atoms with Crippen LogP contribution < -0.4 is 0 Å². The summed E-state index contributed by atoms with van der Waals surface area (Å²) >= 11 is -0.858. The van der Waals surface area contributed by atoms with E-state index in [0.717, 1.165) is 28.8 Å². The molecule has 1 saturated carbocycles. The fraction of sp³-hybridized carbons (Fsp3) is 0.364. The summed E-state index contributed by atoms with van der Waals surface area (Å²) < 4.78 is 12.1. The van der Waals surface area contributed by atoms with E-state index < -0.39 is 11.2 Å². The van der Waals surface area contributed by atoms with Crippen molar-refractivity contribution in [2.45, 2.75) is 29.4 Å². The molecule has 0 radical (unpaired) electrons. The van der Waals surface area contributed by atoms with E-state index in [0.29, 0.717) is 5.25 Å². The maximum absolute atomic E-state index is 12.1. The Morgan fingerprint density at radius 1 is 1.47 bits per heavy atom. The number of aromatic amines is 1. The van der Waals surface area contributed by atoms with Crippen LogP contribution in [0.1, 0.15) is 19.3 Å². The van der Waals surface area contributed by atoms with E-state index in [1.807, 2.05) is 18.3 Å². The molecule has 3 nitrogen and oxygen atoms in total. The number of aromatic nitrogens is 2. The number of hydrogen-bond donors (Lipinski definition) is 1. The third-order valence-electron chi connectivity index (χ3n) is 2.96. The van der Waals surface area contributed by atoms with E-state index in [9.17, 15) is 4.55 Å². The van der Waals surface area contributed by atoms with Gasteiger partial charge in [0.15, 0.2) is 4.90 Å². The summed E-state index contributed by atoms with van der Waals surface area (Å²) in [5, 5.41) is 1.41. The number of H-pyrrole nitrogens is 1. The van der Waals surface area contributed by atoms with Crippen LogP contribution in [-0.2, 0) is 11.2 Å². The van der Waals surface area contributed by atoms with Gasteiger partial charge in [-0.05, 0) is 36.5 Å². The molecule has 3 rings (SSSR count). The summed E-state index contributed by atoms with van der Waals surface area (Å²) in [7, 11) is 0. The minimum Gasteiger partial charge on any atom is -0.611 e. The molecule has 1 fully saturated rings. The van der Waals surface area contributed by atoms with Crippen molar-refractivity contribution >= 4 is 22.2 Å². The van der Waals surface area contributed by atoms with Crippen molar-refractivity contribution in [3.05, 3.63) is 24.5 Å². The van der Waals surface area contributed by atoms with Gasteiger partial charge in [-0.3, -0.25) is 0 Å². The highest BCUT2D eigenvalue weighted by Crippen LogP contribution is 2.31. The van der Waals surface area contributed by atoms with Crippen molar-refractivity contribution in [2.75, 3.05) is 0 Å². The van der Waals surface area contributed by atoms with Crippen LogP contribution >= 0.6 is 0 Å². The Hall–Kier alpha value is -1.00. The highest BCUT2D eigenvalue weighted by Gasteiger charge is 2.31. The Bertz CT molecular complexity index is 478. The van der Waals surface area contributed by atoms with Gasteiger partial charge in [-0.25, -0.2) is 4.98 Å². The van der Waals surface area contributed by atoms with Crippen molar-refractivity contribution in [2.24, 2.45) is 0 Å². The molecule has 2 aromatic rings. The lowest BCUT2D eigenvalue weighted by molar-refractivity contribution is 0.476. The highest BCUT2D eigenvalue weighted by molar-refractivity contribution is 7.92. The molecule has 4 heteroatoms. The second kappa shape index (κ2) is 3.54. The molecule has 0 amide bonds. The Labute approximate surface area is 91.1 Å². The number of nitrogens with zero attached hydrogens (tertiary/aromatic N) is 1. The van der Waals surface area contributed by atoms with Crippen molar-refractivity contribution < 1.29 is 4.55 Å². The Kier molecular flexibility index (Phi) is 2.18. The quantitative estimate of drug-likeness (QED) is 0.789. The van der Waals surface area contributed by atoms with E-state index in [-0.39, 0.29) is 0 Å². The molecular formula is C11H12N2OS. The van der Waals surface area contributed by atoms with Crippen molar-refractivity contribution in [1.82, 2.24) is 9.97 Å². The van der Waals surface area contributed by atoms with Gasteiger partial charge < -0.3 is 9.54 Å². The van der Waals surface area contributed by atoms with Crippen LogP contribution in [0.15, 0.2) is 29.4 Å². The molecule has 1 N–H and O–H groups in total. The molecule has 15 heavy (non-hydrogen) atoms. The van der Waals surface area contributed by atoms with Crippen molar-refractivity contribution in [3.8, 4) is 0 Å². The van der Waals surface area contributed by atoms with Gasteiger partial charge in [0.2, 0.25) is 0 Å². The molecule has 0 bridgehead atoms. The first kappa shape index (κ1) is 9.24. The van der Waals surface area contributed by atoms with Crippen LogP contribution in [-0.4, -0.2) is 19.8 Å². The van der Waals surface area contributed by atoms with E-state index in [1.54, 1.807) is 6.20 Å². The number of nitrogens with one attached hydrogen (secondary N) is 1. The molecule has 1 aliphatic carbocycles. The minimum atomic E-state index is -0.858. The monoisotopic (exact) mass is 220 g/mol. The highest BCUT2D eigenvalue weighted by atomic mass is 32.2. The third kappa shape index (κ3) is 1.54. The molecule has 1 unspecified atom stereocenters. The predicted molar refractivity (Wildman–Crippen MR) is 60.1 cm³/mol. The van der Waals surface area contributed by atoms with E-state index >= 15 is 0 Å². The summed E-state index contributed by atoms with van der Waals surface area (Å²) in [6, 6.07) is 3.94. The lowest BCUT2D eigenvalue weighted by Gasteiger charge is -2.27. The number of hydrogen-bond acceptors (Lipinski definition) is 2. The lowest BCUT2D eigenvalue weighted by Crippen LogP contribution is -2.28.